The molecule has 0 bridgehead atoms. The standard InChI is InChI=1S/C14H25N5O3/c1-11(14-16-12(2)17-22-14)19-7-5-18(6-8-19)10-13(20)15-4-9-21-3/h11H,4-10H2,1-3H3,(H,15,20)/t11-/m0/s1. The molecule has 1 atom stereocenters. The highest BCUT2D eigenvalue weighted by Crippen LogP contribution is 2.19. The monoisotopic (exact) mass is 311 g/mol. The molecule has 1 saturated heterocycles. The Morgan fingerprint density at radius 1 is 1.41 bits per heavy atom. The Bertz CT molecular complexity index is 471. The third-order valence-corrected chi connectivity index (χ3v) is 3.85. The molecule has 22 heavy (non-hydrogen) atoms. The summed E-state index contributed by atoms with van der Waals surface area (Å²) in [6, 6.07) is 0.110. The van der Waals surface area contributed by atoms with Crippen LogP contribution in [0.3, 0.4) is 0 Å². The number of amides is 1. The molecule has 0 unspecified atom stereocenters. The zero-order valence-corrected chi connectivity index (χ0v) is 13.5. The number of hydrogen-bond acceptors (Lipinski definition) is 7. The number of nitrogens with one attached hydrogen (secondary N) is 1. The molecule has 0 spiro atoms. The summed E-state index contributed by atoms with van der Waals surface area (Å²) in [5, 5.41) is 6.68. The molecule has 1 amide bonds. The summed E-state index contributed by atoms with van der Waals surface area (Å²) >= 11 is 0. The van der Waals surface area contributed by atoms with Gasteiger partial charge in [0.05, 0.1) is 19.2 Å². The van der Waals surface area contributed by atoms with Gasteiger partial charge in [0.25, 0.3) is 0 Å². The highest BCUT2D eigenvalue weighted by molar-refractivity contribution is 5.77. The van der Waals surface area contributed by atoms with E-state index < -0.39 is 0 Å². The predicted molar refractivity (Wildman–Crippen MR) is 80.3 cm³/mol. The minimum atomic E-state index is 0.0473. The lowest BCUT2D eigenvalue weighted by atomic mass is 10.2. The number of piperazine rings is 1. The van der Waals surface area contributed by atoms with Crippen LogP contribution in [0.15, 0.2) is 4.52 Å². The third-order valence-electron chi connectivity index (χ3n) is 3.85. The van der Waals surface area contributed by atoms with Gasteiger partial charge in [-0.2, -0.15) is 4.98 Å². The number of nitrogens with zero attached hydrogens (tertiary/aromatic N) is 4. The average Bonchev–Trinajstić information content (AvgIpc) is 2.94. The summed E-state index contributed by atoms with van der Waals surface area (Å²) in [6.07, 6.45) is 0. The molecule has 0 aromatic carbocycles. The number of carbonyl (C=O) groups excluding carboxylic acids is 1. The molecular weight excluding hydrogens is 286 g/mol. The van der Waals surface area contributed by atoms with Crippen molar-refractivity contribution in [2.75, 3.05) is 53.0 Å². The second-order valence-corrected chi connectivity index (χ2v) is 5.51. The van der Waals surface area contributed by atoms with Crippen LogP contribution in [0.1, 0.15) is 24.7 Å². The van der Waals surface area contributed by atoms with E-state index in [0.717, 1.165) is 26.2 Å². The normalized spacial score (nSPS) is 18.3. The number of rotatable bonds is 7. The summed E-state index contributed by atoms with van der Waals surface area (Å²) in [5.74, 6) is 1.36. The number of aromatic nitrogens is 2. The van der Waals surface area contributed by atoms with E-state index in [1.807, 2.05) is 6.92 Å². The van der Waals surface area contributed by atoms with Crippen LogP contribution in [0.4, 0.5) is 0 Å². The van der Waals surface area contributed by atoms with E-state index in [4.69, 9.17) is 9.26 Å². The molecule has 2 heterocycles. The summed E-state index contributed by atoms with van der Waals surface area (Å²) < 4.78 is 10.1. The second-order valence-electron chi connectivity index (χ2n) is 5.51. The Balaban J connectivity index is 1.72. The maximum atomic E-state index is 11.8. The van der Waals surface area contributed by atoms with Gasteiger partial charge in [-0.15, -0.1) is 0 Å². The van der Waals surface area contributed by atoms with Crippen LogP contribution in [-0.4, -0.2) is 78.8 Å². The zero-order valence-electron chi connectivity index (χ0n) is 13.5. The zero-order chi connectivity index (χ0) is 15.9. The number of aryl methyl sites for hydroxylation is 1. The van der Waals surface area contributed by atoms with Gasteiger partial charge >= 0.3 is 0 Å². The van der Waals surface area contributed by atoms with E-state index in [0.29, 0.717) is 31.4 Å². The lowest BCUT2D eigenvalue weighted by molar-refractivity contribution is -0.122. The van der Waals surface area contributed by atoms with Crippen molar-refractivity contribution >= 4 is 5.91 Å². The van der Waals surface area contributed by atoms with Crippen molar-refractivity contribution in [3.05, 3.63) is 11.7 Å². The average molecular weight is 311 g/mol. The third kappa shape index (κ3) is 4.75. The lowest BCUT2D eigenvalue weighted by Crippen LogP contribution is -2.50. The Hall–Kier alpha value is -1.51. The molecule has 1 aliphatic heterocycles. The second kappa shape index (κ2) is 8.21. The van der Waals surface area contributed by atoms with E-state index in [9.17, 15) is 4.79 Å². The van der Waals surface area contributed by atoms with Crippen molar-refractivity contribution < 1.29 is 14.1 Å². The summed E-state index contributed by atoms with van der Waals surface area (Å²) in [5.41, 5.74) is 0. The van der Waals surface area contributed by atoms with Gasteiger partial charge in [-0.1, -0.05) is 5.16 Å². The van der Waals surface area contributed by atoms with Crippen LogP contribution in [0.2, 0.25) is 0 Å². The summed E-state index contributed by atoms with van der Waals surface area (Å²) in [4.78, 5) is 20.5. The first-order valence-corrected chi connectivity index (χ1v) is 7.62. The first-order chi connectivity index (χ1) is 10.6. The predicted octanol–water partition coefficient (Wildman–Crippen LogP) is -0.181. The quantitative estimate of drug-likeness (QED) is 0.699. The van der Waals surface area contributed by atoms with Crippen LogP contribution in [0.25, 0.3) is 0 Å². The van der Waals surface area contributed by atoms with Crippen LogP contribution >= 0.6 is 0 Å². The van der Waals surface area contributed by atoms with Crippen molar-refractivity contribution in [2.24, 2.45) is 0 Å². The van der Waals surface area contributed by atoms with E-state index in [2.05, 4.69) is 32.2 Å². The fourth-order valence-corrected chi connectivity index (χ4v) is 2.50. The molecule has 2 rings (SSSR count). The molecule has 1 N–H and O–H groups in total. The number of hydrogen-bond donors (Lipinski definition) is 1. The van der Waals surface area contributed by atoms with Crippen molar-refractivity contribution in [1.82, 2.24) is 25.3 Å². The summed E-state index contributed by atoms with van der Waals surface area (Å²) in [6.45, 7) is 8.90. The highest BCUT2D eigenvalue weighted by Gasteiger charge is 2.26. The minimum Gasteiger partial charge on any atom is -0.383 e. The molecule has 1 aliphatic rings. The molecule has 0 aliphatic carbocycles. The maximum absolute atomic E-state index is 11.8. The van der Waals surface area contributed by atoms with Crippen molar-refractivity contribution in [2.45, 2.75) is 19.9 Å². The Morgan fingerprint density at radius 2 is 2.14 bits per heavy atom. The van der Waals surface area contributed by atoms with Gasteiger partial charge in [-0.3, -0.25) is 14.6 Å². The first-order valence-electron chi connectivity index (χ1n) is 7.62. The van der Waals surface area contributed by atoms with Gasteiger partial charge in [-0.25, -0.2) is 0 Å². The fourth-order valence-electron chi connectivity index (χ4n) is 2.50. The van der Waals surface area contributed by atoms with Gasteiger partial charge in [0, 0.05) is 39.8 Å². The molecular formula is C14H25N5O3. The number of methoxy groups -OCH3 is 1. The Morgan fingerprint density at radius 3 is 2.73 bits per heavy atom. The molecule has 0 radical (unpaired) electrons. The van der Waals surface area contributed by atoms with E-state index in [1.165, 1.54) is 0 Å². The smallest absolute Gasteiger partial charge is 0.243 e. The first kappa shape index (κ1) is 16.9. The molecule has 1 aromatic heterocycles. The molecule has 8 nitrogen and oxygen atoms in total. The molecule has 124 valence electrons. The van der Waals surface area contributed by atoms with Crippen molar-refractivity contribution in [3.8, 4) is 0 Å². The molecule has 8 heteroatoms. The molecule has 1 fully saturated rings. The van der Waals surface area contributed by atoms with Crippen molar-refractivity contribution in [3.63, 3.8) is 0 Å². The van der Waals surface area contributed by atoms with Gasteiger partial charge in [0.2, 0.25) is 11.8 Å². The van der Waals surface area contributed by atoms with Gasteiger partial charge in [-0.05, 0) is 13.8 Å². The van der Waals surface area contributed by atoms with Gasteiger partial charge < -0.3 is 14.6 Å². The van der Waals surface area contributed by atoms with E-state index >= 15 is 0 Å². The minimum absolute atomic E-state index is 0.0473. The Labute approximate surface area is 130 Å². The van der Waals surface area contributed by atoms with Crippen LogP contribution in [0, 0.1) is 6.92 Å². The molecule has 0 saturated carbocycles. The van der Waals surface area contributed by atoms with E-state index in [1.54, 1.807) is 7.11 Å². The van der Waals surface area contributed by atoms with Crippen molar-refractivity contribution in [1.29, 1.82) is 0 Å². The van der Waals surface area contributed by atoms with Crippen LogP contribution in [0.5, 0.6) is 0 Å². The summed E-state index contributed by atoms with van der Waals surface area (Å²) in [7, 11) is 1.62. The molecule has 1 aromatic rings. The van der Waals surface area contributed by atoms with E-state index in [-0.39, 0.29) is 11.9 Å². The Kier molecular flexibility index (Phi) is 6.29. The van der Waals surface area contributed by atoms with Crippen LogP contribution in [-0.2, 0) is 9.53 Å². The topological polar surface area (TPSA) is 83.7 Å². The SMILES string of the molecule is COCCNC(=O)CN1CCN([C@@H](C)c2nc(C)no2)CC1. The van der Waals surface area contributed by atoms with Gasteiger partial charge in [0.15, 0.2) is 5.82 Å². The maximum Gasteiger partial charge on any atom is 0.243 e. The highest BCUT2D eigenvalue weighted by atomic mass is 16.5. The fraction of sp³-hybridized carbons (Fsp3) is 0.786. The number of ether oxygens (including phenoxy) is 1. The lowest BCUT2D eigenvalue weighted by Gasteiger charge is -2.36. The van der Waals surface area contributed by atoms with Crippen LogP contribution < -0.4 is 5.32 Å². The number of carbonyl (C=O) groups is 1. The van der Waals surface area contributed by atoms with Gasteiger partial charge in [0.1, 0.15) is 0 Å². The largest absolute Gasteiger partial charge is 0.383 e.